The molecule has 0 heterocycles. The molecule has 2 amide bonds. The third-order valence-electron chi connectivity index (χ3n) is 5.46. The lowest BCUT2D eigenvalue weighted by molar-refractivity contribution is -0.140. The van der Waals surface area contributed by atoms with Crippen molar-refractivity contribution in [1.82, 2.24) is 10.2 Å². The Labute approximate surface area is 175 Å². The van der Waals surface area contributed by atoms with Gasteiger partial charge < -0.3 is 10.2 Å². The fourth-order valence-corrected chi connectivity index (χ4v) is 3.33. The second kappa shape index (κ2) is 9.73. The highest BCUT2D eigenvalue weighted by molar-refractivity contribution is 5.87. The molecule has 0 fully saturated rings. The van der Waals surface area contributed by atoms with Crippen LogP contribution in [-0.2, 0) is 28.0 Å². The number of carbonyl (C=O) groups excluding carboxylic acids is 2. The van der Waals surface area contributed by atoms with Gasteiger partial charge in [-0.25, -0.2) is 0 Å². The van der Waals surface area contributed by atoms with Crippen LogP contribution in [0.15, 0.2) is 48.5 Å². The van der Waals surface area contributed by atoms with Crippen molar-refractivity contribution in [3.05, 3.63) is 70.8 Å². The van der Waals surface area contributed by atoms with Gasteiger partial charge >= 0.3 is 0 Å². The molecule has 0 aliphatic rings. The van der Waals surface area contributed by atoms with Crippen molar-refractivity contribution in [2.45, 2.75) is 65.5 Å². The number of benzene rings is 2. The molecule has 0 aliphatic heterocycles. The molecule has 2 aromatic rings. The van der Waals surface area contributed by atoms with Gasteiger partial charge in [-0.1, -0.05) is 69.3 Å². The third-order valence-corrected chi connectivity index (χ3v) is 5.46. The third kappa shape index (κ3) is 6.18. The van der Waals surface area contributed by atoms with Crippen LogP contribution < -0.4 is 5.32 Å². The Morgan fingerprint density at radius 2 is 1.66 bits per heavy atom. The summed E-state index contributed by atoms with van der Waals surface area (Å²) in [4.78, 5) is 27.0. The summed E-state index contributed by atoms with van der Waals surface area (Å²) in [5.74, 6) is -0.161. The maximum atomic E-state index is 13.1. The highest BCUT2D eigenvalue weighted by Gasteiger charge is 2.25. The van der Waals surface area contributed by atoms with Crippen LogP contribution >= 0.6 is 0 Å². The predicted octanol–water partition coefficient (Wildman–Crippen LogP) is 4.39. The van der Waals surface area contributed by atoms with E-state index in [1.54, 1.807) is 18.9 Å². The summed E-state index contributed by atoms with van der Waals surface area (Å²) in [5.41, 5.74) is 4.71. The maximum absolute atomic E-state index is 13.1. The Kier molecular flexibility index (Phi) is 7.60. The largest absolute Gasteiger partial charge is 0.357 e. The molecule has 156 valence electrons. The van der Waals surface area contributed by atoms with E-state index in [-0.39, 0.29) is 17.2 Å². The Morgan fingerprint density at radius 3 is 2.21 bits per heavy atom. The van der Waals surface area contributed by atoms with Crippen LogP contribution in [0.3, 0.4) is 0 Å². The summed E-state index contributed by atoms with van der Waals surface area (Å²) in [6.45, 7) is 10.8. The number of carbonyl (C=O) groups is 2. The highest BCUT2D eigenvalue weighted by atomic mass is 16.2. The van der Waals surface area contributed by atoms with Crippen LogP contribution in [-0.4, -0.2) is 29.8 Å². The number of nitrogens with one attached hydrogen (secondary N) is 1. The van der Waals surface area contributed by atoms with Crippen LogP contribution in [0, 0.1) is 6.92 Å². The van der Waals surface area contributed by atoms with Crippen molar-refractivity contribution in [3.8, 4) is 0 Å². The average molecular weight is 395 g/mol. The zero-order chi connectivity index (χ0) is 21.6. The number of hydrogen-bond donors (Lipinski definition) is 1. The zero-order valence-corrected chi connectivity index (χ0v) is 18.6. The van der Waals surface area contributed by atoms with Gasteiger partial charge in [0.05, 0.1) is 0 Å². The van der Waals surface area contributed by atoms with Gasteiger partial charge in [-0.2, -0.15) is 0 Å². The minimum atomic E-state index is -0.518. The number of nitrogens with zero attached hydrogens (tertiary/aromatic N) is 1. The van der Waals surface area contributed by atoms with Crippen LogP contribution in [0.25, 0.3) is 0 Å². The van der Waals surface area contributed by atoms with E-state index in [1.807, 2.05) is 31.2 Å². The van der Waals surface area contributed by atoms with Crippen molar-refractivity contribution >= 4 is 11.8 Å². The topological polar surface area (TPSA) is 49.4 Å². The summed E-state index contributed by atoms with van der Waals surface area (Å²) < 4.78 is 0. The first-order valence-electron chi connectivity index (χ1n) is 10.3. The Bertz CT molecular complexity index is 835. The van der Waals surface area contributed by atoms with Gasteiger partial charge in [-0.15, -0.1) is 0 Å². The number of hydrogen-bond acceptors (Lipinski definition) is 2. The maximum Gasteiger partial charge on any atom is 0.242 e. The van der Waals surface area contributed by atoms with E-state index in [9.17, 15) is 9.59 Å². The molecular weight excluding hydrogens is 360 g/mol. The average Bonchev–Trinajstić information content (AvgIpc) is 2.70. The van der Waals surface area contributed by atoms with Crippen LogP contribution in [0.5, 0.6) is 0 Å². The molecule has 0 spiro atoms. The molecule has 0 radical (unpaired) electrons. The molecule has 0 aliphatic carbocycles. The standard InChI is InChI=1S/C25H34N2O2/c1-18-9-7-8-10-21(18)17-27(19(2)24(29)26-6)23(28)16-13-20-11-14-22(15-12-20)25(3,4)5/h7-12,14-15,19H,13,16-17H2,1-6H3,(H,26,29). The molecule has 4 nitrogen and oxygen atoms in total. The Hall–Kier alpha value is -2.62. The molecule has 0 saturated heterocycles. The molecule has 1 unspecified atom stereocenters. The minimum absolute atomic E-state index is 0.00995. The molecule has 4 heteroatoms. The number of likely N-dealkylation sites (N-methyl/N-ethyl adjacent to an activating group) is 1. The molecule has 1 N–H and O–H groups in total. The predicted molar refractivity (Wildman–Crippen MR) is 119 cm³/mol. The number of aryl methyl sites for hydroxylation is 2. The molecule has 2 rings (SSSR count). The molecule has 0 aromatic heterocycles. The van der Waals surface area contributed by atoms with E-state index in [4.69, 9.17) is 0 Å². The van der Waals surface area contributed by atoms with Gasteiger partial charge in [-0.3, -0.25) is 9.59 Å². The normalized spacial score (nSPS) is 12.3. The Balaban J connectivity index is 2.12. The molecule has 1 atom stereocenters. The van der Waals surface area contributed by atoms with Crippen LogP contribution in [0.1, 0.15) is 56.4 Å². The van der Waals surface area contributed by atoms with E-state index in [2.05, 4.69) is 50.4 Å². The zero-order valence-electron chi connectivity index (χ0n) is 18.6. The van der Waals surface area contributed by atoms with E-state index >= 15 is 0 Å². The first kappa shape index (κ1) is 22.7. The quantitative estimate of drug-likeness (QED) is 0.757. The van der Waals surface area contributed by atoms with Crippen LogP contribution in [0.4, 0.5) is 0 Å². The van der Waals surface area contributed by atoms with Gasteiger partial charge in [0.15, 0.2) is 0 Å². The lowest BCUT2D eigenvalue weighted by Crippen LogP contribution is -2.46. The van der Waals surface area contributed by atoms with Crippen LogP contribution in [0.2, 0.25) is 0 Å². The van der Waals surface area contributed by atoms with E-state index in [1.165, 1.54) is 5.56 Å². The lowest BCUT2D eigenvalue weighted by Gasteiger charge is -2.29. The van der Waals surface area contributed by atoms with Crippen molar-refractivity contribution < 1.29 is 9.59 Å². The number of rotatable bonds is 7. The SMILES string of the molecule is CNC(=O)C(C)N(Cc1ccccc1C)C(=O)CCc1ccc(C(C)(C)C)cc1. The molecule has 0 bridgehead atoms. The fourth-order valence-electron chi connectivity index (χ4n) is 3.33. The number of amides is 2. The van der Waals surface area contributed by atoms with Crippen molar-refractivity contribution in [2.75, 3.05) is 7.05 Å². The van der Waals surface area contributed by atoms with Gasteiger partial charge in [0.2, 0.25) is 11.8 Å². The Morgan fingerprint density at radius 1 is 1.03 bits per heavy atom. The smallest absolute Gasteiger partial charge is 0.242 e. The second-order valence-corrected chi connectivity index (χ2v) is 8.69. The van der Waals surface area contributed by atoms with Gasteiger partial charge in [0.25, 0.3) is 0 Å². The van der Waals surface area contributed by atoms with Crippen molar-refractivity contribution in [1.29, 1.82) is 0 Å². The molecule has 0 saturated carbocycles. The molecular formula is C25H34N2O2. The fraction of sp³-hybridized carbons (Fsp3) is 0.440. The minimum Gasteiger partial charge on any atom is -0.357 e. The van der Waals surface area contributed by atoms with Gasteiger partial charge in [-0.05, 0) is 47.9 Å². The summed E-state index contributed by atoms with van der Waals surface area (Å²) in [6, 6.07) is 15.9. The lowest BCUT2D eigenvalue weighted by atomic mass is 9.86. The first-order valence-corrected chi connectivity index (χ1v) is 10.3. The van der Waals surface area contributed by atoms with Gasteiger partial charge in [0.1, 0.15) is 6.04 Å². The summed E-state index contributed by atoms with van der Waals surface area (Å²) in [6.07, 6.45) is 1.04. The van der Waals surface area contributed by atoms with Crippen molar-refractivity contribution in [3.63, 3.8) is 0 Å². The van der Waals surface area contributed by atoms with E-state index in [0.29, 0.717) is 19.4 Å². The van der Waals surface area contributed by atoms with Gasteiger partial charge in [0, 0.05) is 20.0 Å². The first-order chi connectivity index (χ1) is 13.6. The summed E-state index contributed by atoms with van der Waals surface area (Å²) >= 11 is 0. The second-order valence-electron chi connectivity index (χ2n) is 8.69. The highest BCUT2D eigenvalue weighted by Crippen LogP contribution is 2.23. The summed E-state index contributed by atoms with van der Waals surface area (Å²) in [5, 5.41) is 2.66. The van der Waals surface area contributed by atoms with E-state index in [0.717, 1.165) is 16.7 Å². The summed E-state index contributed by atoms with van der Waals surface area (Å²) in [7, 11) is 1.60. The molecule has 29 heavy (non-hydrogen) atoms. The van der Waals surface area contributed by atoms with Crippen molar-refractivity contribution in [2.24, 2.45) is 0 Å². The monoisotopic (exact) mass is 394 g/mol. The molecule has 2 aromatic carbocycles. The van der Waals surface area contributed by atoms with E-state index < -0.39 is 6.04 Å².